The van der Waals surface area contributed by atoms with Crippen LogP contribution in [-0.2, 0) is 0 Å². The Morgan fingerprint density at radius 2 is 2.00 bits per heavy atom. The molecule has 1 aromatic carbocycles. The summed E-state index contributed by atoms with van der Waals surface area (Å²) in [6.45, 7) is 0. The fraction of sp³-hybridized carbons (Fsp3) is 0. The Morgan fingerprint density at radius 1 is 1.10 bits per heavy atom. The zero-order valence-electron chi connectivity index (χ0n) is 15.8. The van der Waals surface area contributed by atoms with Crippen molar-refractivity contribution in [2.45, 2.75) is 0 Å². The minimum absolute atomic E-state index is 0.0689. The van der Waals surface area contributed by atoms with E-state index >= 15 is 0 Å². The monoisotopic (exact) mass is 432 g/mol. The van der Waals surface area contributed by atoms with Gasteiger partial charge in [-0.1, -0.05) is 17.7 Å². The lowest BCUT2D eigenvalue weighted by atomic mass is 10.1. The van der Waals surface area contributed by atoms with Crippen LogP contribution in [0.1, 0.15) is 5.76 Å². The van der Waals surface area contributed by atoms with E-state index in [9.17, 15) is 10.1 Å². The average molecular weight is 433 g/mol. The molecule has 0 amide bonds. The molecule has 4 aromatic heterocycles. The number of rotatable bonds is 5. The minimum atomic E-state index is -0.531. The summed E-state index contributed by atoms with van der Waals surface area (Å²) >= 11 is 5.88. The van der Waals surface area contributed by atoms with Gasteiger partial charge < -0.3 is 8.83 Å². The van der Waals surface area contributed by atoms with E-state index in [0.717, 1.165) is 11.3 Å². The van der Waals surface area contributed by atoms with Gasteiger partial charge in [-0.2, -0.15) is 0 Å². The molecule has 0 N–H and O–H groups in total. The molecule has 0 radical (unpaired) electrons. The summed E-state index contributed by atoms with van der Waals surface area (Å²) in [6, 6.07) is 17.3. The maximum Gasteiger partial charge on any atom is 0.288 e. The van der Waals surface area contributed by atoms with Crippen molar-refractivity contribution in [2.75, 3.05) is 0 Å². The number of nitrogens with zero attached hydrogens (tertiary/aromatic N) is 4. The molecule has 0 unspecified atom stereocenters. The lowest BCUT2D eigenvalue weighted by molar-refractivity contribution is -0.384. The Bertz CT molecular complexity index is 1430. The maximum atomic E-state index is 11.1. The van der Waals surface area contributed by atoms with E-state index in [1.807, 2.05) is 34.9 Å². The number of furan rings is 2. The van der Waals surface area contributed by atoms with Gasteiger partial charge in [0.1, 0.15) is 27.9 Å². The topological polar surface area (TPSA) is 99.1 Å². The van der Waals surface area contributed by atoms with Crippen molar-refractivity contribution >= 4 is 35.0 Å². The molecule has 9 heteroatoms. The predicted octanol–water partition coefficient (Wildman–Crippen LogP) is 6.17. The van der Waals surface area contributed by atoms with Crippen LogP contribution in [0.15, 0.2) is 87.0 Å². The molecule has 8 nitrogen and oxygen atoms in total. The van der Waals surface area contributed by atoms with Gasteiger partial charge >= 0.3 is 0 Å². The molecular weight excluding hydrogens is 420 g/mol. The van der Waals surface area contributed by atoms with Crippen molar-refractivity contribution in [3.05, 3.63) is 94.0 Å². The number of nitro benzene ring substituents is 1. The van der Waals surface area contributed by atoms with E-state index in [1.165, 1.54) is 12.1 Å². The SMILES string of the molecule is O=[N+]([O-])c1cc(-c2ccc(/C=N/c3nc4ccccn4c3-c3ccco3)o2)ccc1Cl. The predicted molar refractivity (Wildman–Crippen MR) is 116 cm³/mol. The van der Waals surface area contributed by atoms with Crippen molar-refractivity contribution in [3.8, 4) is 22.8 Å². The zero-order chi connectivity index (χ0) is 21.4. The van der Waals surface area contributed by atoms with Crippen molar-refractivity contribution in [1.82, 2.24) is 9.38 Å². The second kappa shape index (κ2) is 7.58. The molecule has 0 saturated carbocycles. The Hall–Kier alpha value is -4.17. The molecule has 0 fully saturated rings. The van der Waals surface area contributed by atoms with Crippen LogP contribution in [0, 0.1) is 10.1 Å². The normalized spacial score (nSPS) is 11.5. The standard InChI is InChI=1S/C22H13ClN4O4/c23-16-8-6-14(12-17(16)27(28)29)18-9-7-15(31-18)13-24-22-21(19-4-3-11-30-19)26-10-2-1-5-20(26)25-22/h1-13H/b24-13+. The first-order valence-electron chi connectivity index (χ1n) is 9.19. The van der Waals surface area contributed by atoms with E-state index in [-0.39, 0.29) is 10.7 Å². The van der Waals surface area contributed by atoms with Gasteiger partial charge in [0.2, 0.25) is 0 Å². The van der Waals surface area contributed by atoms with Crippen molar-refractivity contribution < 1.29 is 13.8 Å². The van der Waals surface area contributed by atoms with Crippen molar-refractivity contribution in [3.63, 3.8) is 0 Å². The van der Waals surface area contributed by atoms with Crippen molar-refractivity contribution in [1.29, 1.82) is 0 Å². The molecule has 0 bridgehead atoms. The third-order valence-corrected chi connectivity index (χ3v) is 4.95. The van der Waals surface area contributed by atoms with Crippen molar-refractivity contribution in [2.24, 2.45) is 4.99 Å². The van der Waals surface area contributed by atoms with Gasteiger partial charge in [-0.15, -0.1) is 0 Å². The van der Waals surface area contributed by atoms with Crippen LogP contribution in [0.2, 0.25) is 5.02 Å². The first-order valence-corrected chi connectivity index (χ1v) is 9.57. The Morgan fingerprint density at radius 3 is 2.81 bits per heavy atom. The quantitative estimate of drug-likeness (QED) is 0.188. The maximum absolute atomic E-state index is 11.1. The Labute approximate surface area is 180 Å². The van der Waals surface area contributed by atoms with Crippen LogP contribution in [0.4, 0.5) is 11.5 Å². The van der Waals surface area contributed by atoms with E-state index in [1.54, 1.807) is 36.7 Å². The first-order chi connectivity index (χ1) is 15.1. The number of benzene rings is 1. The van der Waals surface area contributed by atoms with E-state index < -0.39 is 4.92 Å². The van der Waals surface area contributed by atoms with E-state index in [2.05, 4.69) is 9.98 Å². The van der Waals surface area contributed by atoms with Gasteiger partial charge in [0.15, 0.2) is 11.6 Å². The second-order valence-corrected chi connectivity index (χ2v) is 6.98. The van der Waals surface area contributed by atoms with Crippen LogP contribution >= 0.6 is 11.6 Å². The third kappa shape index (κ3) is 3.49. The Kier molecular flexibility index (Phi) is 4.61. The summed E-state index contributed by atoms with van der Waals surface area (Å²) in [7, 11) is 0. The highest BCUT2D eigenvalue weighted by Crippen LogP contribution is 2.33. The largest absolute Gasteiger partial charge is 0.463 e. The number of aliphatic imine (C=N–C) groups is 1. The van der Waals surface area contributed by atoms with Gasteiger partial charge in [0, 0.05) is 17.8 Å². The number of nitro groups is 1. The number of hydrogen-bond acceptors (Lipinski definition) is 6. The molecule has 31 heavy (non-hydrogen) atoms. The Balaban J connectivity index is 1.50. The number of halogens is 1. The number of aromatic nitrogens is 2. The summed E-state index contributed by atoms with van der Waals surface area (Å²) in [4.78, 5) is 19.7. The number of hydrogen-bond donors (Lipinski definition) is 0. The van der Waals surface area contributed by atoms with Gasteiger partial charge in [-0.05, 0) is 48.5 Å². The van der Waals surface area contributed by atoms with Gasteiger partial charge in [-0.25, -0.2) is 9.98 Å². The highest BCUT2D eigenvalue weighted by molar-refractivity contribution is 6.32. The summed E-state index contributed by atoms with van der Waals surface area (Å²) in [6.07, 6.45) is 5.02. The number of pyridine rings is 1. The molecule has 5 aromatic rings. The number of fused-ring (bicyclic) bond motifs is 1. The van der Waals surface area contributed by atoms with Crippen LogP contribution in [-0.4, -0.2) is 20.5 Å². The third-order valence-electron chi connectivity index (χ3n) is 4.63. The van der Waals surface area contributed by atoms with E-state index in [4.69, 9.17) is 20.4 Å². The van der Waals surface area contributed by atoms with Crippen LogP contribution in [0.5, 0.6) is 0 Å². The summed E-state index contributed by atoms with van der Waals surface area (Å²) in [5, 5.41) is 11.2. The molecule has 152 valence electrons. The molecule has 0 aliphatic rings. The highest BCUT2D eigenvalue weighted by Gasteiger charge is 2.17. The summed E-state index contributed by atoms with van der Waals surface area (Å²) in [5.41, 5.74) is 1.81. The first kappa shape index (κ1) is 18.8. The smallest absolute Gasteiger partial charge is 0.288 e. The van der Waals surface area contributed by atoms with Gasteiger partial charge in [0.25, 0.3) is 5.69 Å². The lowest BCUT2D eigenvalue weighted by Gasteiger charge is -1.99. The second-order valence-electron chi connectivity index (χ2n) is 6.57. The van der Waals surface area contributed by atoms with Crippen LogP contribution in [0.25, 0.3) is 28.4 Å². The van der Waals surface area contributed by atoms with E-state index in [0.29, 0.717) is 28.7 Å². The van der Waals surface area contributed by atoms with Crippen LogP contribution in [0.3, 0.4) is 0 Å². The average Bonchev–Trinajstić information content (AvgIpc) is 3.51. The van der Waals surface area contributed by atoms with Gasteiger partial charge in [-0.3, -0.25) is 14.5 Å². The molecule has 0 atom stereocenters. The molecule has 0 saturated heterocycles. The molecule has 0 spiro atoms. The zero-order valence-corrected chi connectivity index (χ0v) is 16.6. The van der Waals surface area contributed by atoms with Gasteiger partial charge in [0.05, 0.1) is 17.4 Å². The molecule has 4 heterocycles. The molecule has 5 rings (SSSR count). The number of imidazole rings is 1. The highest BCUT2D eigenvalue weighted by atomic mass is 35.5. The lowest BCUT2D eigenvalue weighted by Crippen LogP contribution is -1.89. The molecule has 0 aliphatic heterocycles. The van der Waals surface area contributed by atoms with Crippen LogP contribution < -0.4 is 0 Å². The summed E-state index contributed by atoms with van der Waals surface area (Å²) < 4.78 is 13.2. The summed E-state index contributed by atoms with van der Waals surface area (Å²) in [5.74, 6) is 2.04. The fourth-order valence-electron chi connectivity index (χ4n) is 3.22. The molecule has 0 aliphatic carbocycles. The fourth-order valence-corrected chi connectivity index (χ4v) is 3.41. The minimum Gasteiger partial charge on any atom is -0.463 e. The molecular formula is C22H13ClN4O4.